The number of carbonyl (C=O) groups excluding carboxylic acids is 2. The van der Waals surface area contributed by atoms with Crippen molar-refractivity contribution in [2.75, 3.05) is 14.2 Å². The molecule has 0 saturated carbocycles. The Morgan fingerprint density at radius 2 is 1.81 bits per heavy atom. The predicted octanol–water partition coefficient (Wildman–Crippen LogP) is 5.74. The van der Waals surface area contributed by atoms with Crippen molar-refractivity contribution in [1.82, 2.24) is 5.32 Å². The Bertz CT molecular complexity index is 1320. The van der Waals surface area contributed by atoms with E-state index >= 15 is 0 Å². The van der Waals surface area contributed by atoms with Crippen LogP contribution < -0.4 is 19.5 Å². The van der Waals surface area contributed by atoms with Gasteiger partial charge in [-0.25, -0.2) is 4.39 Å². The highest BCUT2D eigenvalue weighted by Gasteiger charge is 2.34. The molecule has 2 aromatic carbocycles. The van der Waals surface area contributed by atoms with Crippen molar-refractivity contribution in [3.63, 3.8) is 0 Å². The lowest BCUT2D eigenvalue weighted by Gasteiger charge is -2.20. The van der Waals surface area contributed by atoms with Crippen molar-refractivity contribution in [2.24, 2.45) is 0 Å². The molecule has 1 heterocycles. The highest BCUT2D eigenvalue weighted by Crippen LogP contribution is 2.51. The maximum atomic E-state index is 14.3. The van der Waals surface area contributed by atoms with Crippen LogP contribution in [-0.2, 0) is 16.1 Å². The molecule has 3 aromatic rings. The number of amides is 1. The predicted molar refractivity (Wildman–Crippen MR) is 136 cm³/mol. The van der Waals surface area contributed by atoms with Crippen LogP contribution in [0.15, 0.2) is 58.7 Å². The Hall–Kier alpha value is -4.07. The molecule has 1 amide bonds. The summed E-state index contributed by atoms with van der Waals surface area (Å²) >= 11 is 0. The number of ether oxygens (including phenoxy) is 3. The van der Waals surface area contributed by atoms with Crippen LogP contribution >= 0.6 is 0 Å². The van der Waals surface area contributed by atoms with E-state index in [4.69, 9.17) is 18.6 Å². The second-order valence-electron chi connectivity index (χ2n) is 9.01. The van der Waals surface area contributed by atoms with Crippen molar-refractivity contribution >= 4 is 17.4 Å². The van der Waals surface area contributed by atoms with Gasteiger partial charge in [0.25, 0.3) is 0 Å². The molecular weight excluding hydrogens is 477 g/mol. The molecule has 4 rings (SSSR count). The number of hydrogen-bond acceptors (Lipinski definition) is 6. The first-order valence-corrected chi connectivity index (χ1v) is 12.0. The fourth-order valence-corrected chi connectivity index (χ4v) is 4.96. The number of rotatable bonds is 9. The molecule has 8 heteroatoms. The van der Waals surface area contributed by atoms with Gasteiger partial charge in [0, 0.05) is 25.2 Å². The molecule has 1 aromatic heterocycles. The number of nitrogens with one attached hydrogen (secondary N) is 1. The molecule has 2 unspecified atom stereocenters. The Morgan fingerprint density at radius 3 is 2.41 bits per heavy atom. The summed E-state index contributed by atoms with van der Waals surface area (Å²) in [5.74, 6) is 0.164. The number of carbonyl (C=O) groups is 2. The lowest BCUT2D eigenvalue weighted by Crippen LogP contribution is -2.24. The third-order valence-corrected chi connectivity index (χ3v) is 6.72. The molecule has 37 heavy (non-hydrogen) atoms. The Balaban J connectivity index is 1.69. The largest absolute Gasteiger partial charge is 0.493 e. The van der Waals surface area contributed by atoms with Crippen molar-refractivity contribution < 1.29 is 32.6 Å². The Kier molecular flexibility index (Phi) is 7.66. The van der Waals surface area contributed by atoms with E-state index in [-0.39, 0.29) is 42.3 Å². The third-order valence-electron chi connectivity index (χ3n) is 6.72. The number of furan rings is 1. The van der Waals surface area contributed by atoms with E-state index in [1.54, 1.807) is 36.6 Å². The van der Waals surface area contributed by atoms with Crippen LogP contribution in [0.4, 0.5) is 4.39 Å². The molecule has 0 spiro atoms. The average molecular weight is 508 g/mol. The van der Waals surface area contributed by atoms with Gasteiger partial charge >= 0.3 is 5.97 Å². The maximum Gasteiger partial charge on any atom is 0.308 e. The second kappa shape index (κ2) is 10.9. The number of esters is 1. The van der Waals surface area contributed by atoms with E-state index in [0.29, 0.717) is 17.3 Å². The van der Waals surface area contributed by atoms with E-state index in [1.807, 2.05) is 13.8 Å². The third kappa shape index (κ3) is 5.38. The minimum absolute atomic E-state index is 0.154. The first-order valence-electron chi connectivity index (χ1n) is 12.0. The number of benzene rings is 2. The van der Waals surface area contributed by atoms with E-state index in [9.17, 15) is 14.0 Å². The van der Waals surface area contributed by atoms with Gasteiger partial charge in [-0.15, -0.1) is 0 Å². The Morgan fingerprint density at radius 1 is 1.11 bits per heavy atom. The lowest BCUT2D eigenvalue weighted by atomic mass is 9.87. The van der Waals surface area contributed by atoms with Crippen molar-refractivity contribution in [1.29, 1.82) is 0 Å². The number of fused-ring (bicyclic) bond motifs is 1. The van der Waals surface area contributed by atoms with Crippen LogP contribution in [0.5, 0.6) is 17.2 Å². The number of methoxy groups -OCH3 is 2. The molecule has 0 aliphatic heterocycles. The molecule has 0 fully saturated rings. The van der Waals surface area contributed by atoms with Crippen molar-refractivity contribution in [3.05, 3.63) is 82.6 Å². The molecule has 1 aliphatic carbocycles. The van der Waals surface area contributed by atoms with Gasteiger partial charge in [-0.2, -0.15) is 0 Å². The summed E-state index contributed by atoms with van der Waals surface area (Å²) in [7, 11) is 2.98. The zero-order valence-corrected chi connectivity index (χ0v) is 21.5. The highest BCUT2D eigenvalue weighted by molar-refractivity contribution is 5.86. The topological polar surface area (TPSA) is 87.0 Å². The van der Waals surface area contributed by atoms with Gasteiger partial charge in [0.2, 0.25) is 11.7 Å². The van der Waals surface area contributed by atoms with Gasteiger partial charge in [0.05, 0.1) is 27.0 Å². The van der Waals surface area contributed by atoms with E-state index in [2.05, 4.69) is 5.32 Å². The van der Waals surface area contributed by atoms with E-state index < -0.39 is 5.97 Å². The molecule has 2 atom stereocenters. The monoisotopic (exact) mass is 507 g/mol. The minimum atomic E-state index is -0.490. The highest BCUT2D eigenvalue weighted by atomic mass is 19.1. The number of hydrogen-bond donors (Lipinski definition) is 1. The molecule has 7 nitrogen and oxygen atoms in total. The smallest absolute Gasteiger partial charge is 0.308 e. The lowest BCUT2D eigenvalue weighted by molar-refractivity contribution is -0.132. The summed E-state index contributed by atoms with van der Waals surface area (Å²) in [6.07, 6.45) is 1.73. The van der Waals surface area contributed by atoms with E-state index in [0.717, 1.165) is 27.8 Å². The number of allylic oxidation sites excluding steroid dienone is 2. The van der Waals surface area contributed by atoms with Gasteiger partial charge in [-0.05, 0) is 65.6 Å². The fourth-order valence-electron chi connectivity index (χ4n) is 4.96. The molecule has 0 bridgehead atoms. The summed E-state index contributed by atoms with van der Waals surface area (Å²) < 4.78 is 35.9. The van der Waals surface area contributed by atoms with Crippen LogP contribution in [0, 0.1) is 5.82 Å². The molecule has 0 radical (unpaired) electrons. The number of halogens is 1. The normalized spacial score (nSPS) is 15.2. The molecule has 1 N–H and O–H groups in total. The van der Waals surface area contributed by atoms with Crippen LogP contribution in [0.2, 0.25) is 0 Å². The zero-order valence-electron chi connectivity index (χ0n) is 21.5. The molecule has 194 valence electrons. The first kappa shape index (κ1) is 26.0. The van der Waals surface area contributed by atoms with Gasteiger partial charge in [0.1, 0.15) is 11.6 Å². The second-order valence-corrected chi connectivity index (χ2v) is 9.01. The molecule has 0 saturated heterocycles. The van der Waals surface area contributed by atoms with Crippen molar-refractivity contribution in [2.45, 2.75) is 45.6 Å². The van der Waals surface area contributed by atoms with Crippen LogP contribution in [0.25, 0.3) is 5.57 Å². The summed E-state index contributed by atoms with van der Waals surface area (Å²) in [6, 6.07) is 11.9. The quantitative estimate of drug-likeness (QED) is 0.294. The first-order chi connectivity index (χ1) is 17.7. The zero-order chi connectivity index (χ0) is 26.7. The van der Waals surface area contributed by atoms with Gasteiger partial charge in [-0.3, -0.25) is 9.59 Å². The summed E-state index contributed by atoms with van der Waals surface area (Å²) in [4.78, 5) is 24.4. The summed E-state index contributed by atoms with van der Waals surface area (Å²) in [5, 5.41) is 2.88. The standard InChI is InChI=1S/C29H30FNO6/c1-16(19-11-25(34-4)29(37-18(3)32)26(12-19)35-5)28-17(2)23(24-13-20(30)8-9-22(24)28)14-27(33)31-15-21-7-6-10-36-21/h6-13,16,23H,14-15H2,1-5H3,(H,31,33). The van der Waals surface area contributed by atoms with Crippen LogP contribution in [0.1, 0.15) is 61.5 Å². The maximum absolute atomic E-state index is 14.3. The van der Waals surface area contributed by atoms with Crippen LogP contribution in [0.3, 0.4) is 0 Å². The fraction of sp³-hybridized carbons (Fsp3) is 0.310. The SMILES string of the molecule is COc1cc(C(C)C2=C(C)C(CC(=O)NCc3ccco3)c3cc(F)ccc32)cc(OC)c1OC(C)=O. The summed E-state index contributed by atoms with van der Waals surface area (Å²) in [6.45, 7) is 5.61. The van der Waals surface area contributed by atoms with Gasteiger partial charge < -0.3 is 23.9 Å². The van der Waals surface area contributed by atoms with Crippen molar-refractivity contribution in [3.8, 4) is 17.2 Å². The molecular formula is C29H30FNO6. The average Bonchev–Trinajstić information content (AvgIpc) is 3.48. The van der Waals surface area contributed by atoms with Crippen LogP contribution in [-0.4, -0.2) is 26.1 Å². The Labute approximate surface area is 215 Å². The molecule has 1 aliphatic rings. The van der Waals surface area contributed by atoms with Gasteiger partial charge in [0.15, 0.2) is 11.5 Å². The minimum Gasteiger partial charge on any atom is -0.493 e. The summed E-state index contributed by atoms with van der Waals surface area (Å²) in [5.41, 5.74) is 4.53. The van der Waals surface area contributed by atoms with Gasteiger partial charge in [-0.1, -0.05) is 18.6 Å². The van der Waals surface area contributed by atoms with E-state index in [1.165, 1.54) is 33.3 Å².